The molecule has 0 atom stereocenters. The average molecular weight is 184 g/mol. The molecule has 1 aromatic carbocycles. The van der Waals surface area contributed by atoms with Crippen molar-refractivity contribution < 1.29 is 0 Å². The molecule has 1 heterocycles. The second-order valence-corrected chi connectivity index (χ2v) is 4.05. The van der Waals surface area contributed by atoms with E-state index < -0.39 is 0 Å². The number of pyridine rings is 1. The molecule has 0 saturated heterocycles. The molecule has 1 saturated carbocycles. The van der Waals surface area contributed by atoms with Crippen LogP contribution in [0.15, 0.2) is 36.4 Å². The molecule has 2 nitrogen and oxygen atoms in total. The molecule has 0 amide bonds. The quantitative estimate of drug-likeness (QED) is 0.737. The lowest BCUT2D eigenvalue weighted by Gasteiger charge is -2.08. The monoisotopic (exact) mass is 184 g/mol. The Hall–Kier alpha value is -1.41. The summed E-state index contributed by atoms with van der Waals surface area (Å²) in [4.78, 5) is 4.58. The Bertz CT molecular complexity index is 486. The van der Waals surface area contributed by atoms with Gasteiger partial charge in [-0.25, -0.2) is 0 Å². The van der Waals surface area contributed by atoms with Crippen LogP contribution in [0.4, 0.5) is 0 Å². The van der Waals surface area contributed by atoms with Crippen molar-refractivity contribution >= 4 is 10.9 Å². The summed E-state index contributed by atoms with van der Waals surface area (Å²) in [5.41, 5.74) is 8.06. The first kappa shape index (κ1) is 7.94. The normalized spacial score (nSPS) is 18.4. The number of rotatable bonds is 1. The predicted octanol–water partition coefficient (Wildman–Crippen LogP) is 2.18. The SMILES string of the molecule is NC1(c2ccc3ccccc3n2)CC1. The Kier molecular flexibility index (Phi) is 1.45. The first-order valence-corrected chi connectivity index (χ1v) is 4.93. The summed E-state index contributed by atoms with van der Waals surface area (Å²) in [7, 11) is 0. The summed E-state index contributed by atoms with van der Waals surface area (Å²) in [5, 5.41) is 1.18. The molecular formula is C12H12N2. The van der Waals surface area contributed by atoms with E-state index in [0.29, 0.717) is 0 Å². The Morgan fingerprint density at radius 1 is 1.07 bits per heavy atom. The van der Waals surface area contributed by atoms with Crippen molar-refractivity contribution in [2.45, 2.75) is 18.4 Å². The number of fused-ring (bicyclic) bond motifs is 1. The highest BCUT2D eigenvalue weighted by molar-refractivity contribution is 5.78. The van der Waals surface area contributed by atoms with Crippen LogP contribution in [0.3, 0.4) is 0 Å². The molecular weight excluding hydrogens is 172 g/mol. The third-order valence-corrected chi connectivity index (χ3v) is 2.90. The standard InChI is InChI=1S/C12H12N2/c13-12(7-8-12)11-6-5-9-3-1-2-4-10(9)14-11/h1-6H,7-8,13H2. The van der Waals surface area contributed by atoms with Crippen molar-refractivity contribution in [3.05, 3.63) is 42.1 Å². The fraction of sp³-hybridized carbons (Fsp3) is 0.250. The smallest absolute Gasteiger partial charge is 0.0706 e. The van der Waals surface area contributed by atoms with Gasteiger partial charge in [0.15, 0.2) is 0 Å². The van der Waals surface area contributed by atoms with Crippen LogP contribution in [0.25, 0.3) is 10.9 Å². The fourth-order valence-electron chi connectivity index (χ4n) is 1.73. The molecule has 70 valence electrons. The molecule has 0 aliphatic heterocycles. The number of para-hydroxylation sites is 1. The second-order valence-electron chi connectivity index (χ2n) is 4.05. The maximum atomic E-state index is 6.10. The Labute approximate surface area is 82.8 Å². The van der Waals surface area contributed by atoms with E-state index in [1.807, 2.05) is 18.2 Å². The maximum Gasteiger partial charge on any atom is 0.0706 e. The number of nitrogens with zero attached hydrogens (tertiary/aromatic N) is 1. The minimum atomic E-state index is -0.121. The van der Waals surface area contributed by atoms with Gasteiger partial charge in [0.05, 0.1) is 16.7 Å². The zero-order valence-electron chi connectivity index (χ0n) is 7.90. The Morgan fingerprint density at radius 3 is 2.64 bits per heavy atom. The van der Waals surface area contributed by atoms with Crippen LogP contribution in [-0.4, -0.2) is 4.98 Å². The van der Waals surface area contributed by atoms with E-state index in [2.05, 4.69) is 23.2 Å². The molecule has 0 radical (unpaired) electrons. The Balaban J connectivity index is 2.20. The van der Waals surface area contributed by atoms with E-state index in [9.17, 15) is 0 Å². The van der Waals surface area contributed by atoms with E-state index in [-0.39, 0.29) is 5.54 Å². The molecule has 0 spiro atoms. The number of benzene rings is 1. The first-order chi connectivity index (χ1) is 6.78. The highest BCUT2D eigenvalue weighted by Crippen LogP contribution is 2.41. The topological polar surface area (TPSA) is 38.9 Å². The summed E-state index contributed by atoms with van der Waals surface area (Å²) < 4.78 is 0. The summed E-state index contributed by atoms with van der Waals surface area (Å²) >= 11 is 0. The van der Waals surface area contributed by atoms with Gasteiger partial charge in [-0.2, -0.15) is 0 Å². The van der Waals surface area contributed by atoms with Crippen molar-refractivity contribution in [3.8, 4) is 0 Å². The predicted molar refractivity (Wildman–Crippen MR) is 56.8 cm³/mol. The van der Waals surface area contributed by atoms with Gasteiger partial charge in [-0.1, -0.05) is 24.3 Å². The third-order valence-electron chi connectivity index (χ3n) is 2.90. The van der Waals surface area contributed by atoms with Crippen molar-refractivity contribution in [3.63, 3.8) is 0 Å². The van der Waals surface area contributed by atoms with Crippen LogP contribution in [0, 0.1) is 0 Å². The van der Waals surface area contributed by atoms with Gasteiger partial charge in [0.2, 0.25) is 0 Å². The van der Waals surface area contributed by atoms with Crippen LogP contribution >= 0.6 is 0 Å². The molecule has 1 fully saturated rings. The van der Waals surface area contributed by atoms with Gasteiger partial charge in [-0.05, 0) is 25.0 Å². The van der Waals surface area contributed by atoms with Gasteiger partial charge in [0, 0.05) is 5.39 Å². The molecule has 14 heavy (non-hydrogen) atoms. The highest BCUT2D eigenvalue weighted by Gasteiger charge is 2.41. The minimum absolute atomic E-state index is 0.121. The lowest BCUT2D eigenvalue weighted by Crippen LogP contribution is -2.20. The molecule has 0 bridgehead atoms. The van der Waals surface area contributed by atoms with Crippen LogP contribution in [0.5, 0.6) is 0 Å². The molecule has 0 unspecified atom stereocenters. The van der Waals surface area contributed by atoms with E-state index >= 15 is 0 Å². The average Bonchev–Trinajstić information content (AvgIpc) is 2.97. The zero-order chi connectivity index (χ0) is 9.60. The molecule has 1 aliphatic rings. The lowest BCUT2D eigenvalue weighted by atomic mass is 10.1. The zero-order valence-corrected chi connectivity index (χ0v) is 7.90. The molecule has 2 heteroatoms. The van der Waals surface area contributed by atoms with Crippen molar-refractivity contribution in [2.24, 2.45) is 5.73 Å². The second kappa shape index (κ2) is 2.55. The van der Waals surface area contributed by atoms with E-state index in [0.717, 1.165) is 24.1 Å². The van der Waals surface area contributed by atoms with Crippen LogP contribution < -0.4 is 5.73 Å². The van der Waals surface area contributed by atoms with Crippen molar-refractivity contribution in [1.82, 2.24) is 4.98 Å². The highest BCUT2D eigenvalue weighted by atomic mass is 14.9. The molecule has 1 aromatic heterocycles. The molecule has 2 N–H and O–H groups in total. The minimum Gasteiger partial charge on any atom is -0.320 e. The molecule has 3 rings (SSSR count). The first-order valence-electron chi connectivity index (χ1n) is 4.93. The summed E-state index contributed by atoms with van der Waals surface area (Å²) in [6, 6.07) is 12.3. The van der Waals surface area contributed by atoms with Crippen molar-refractivity contribution in [1.29, 1.82) is 0 Å². The van der Waals surface area contributed by atoms with Gasteiger partial charge in [0.25, 0.3) is 0 Å². The largest absolute Gasteiger partial charge is 0.320 e. The number of aromatic nitrogens is 1. The van der Waals surface area contributed by atoms with E-state index in [1.54, 1.807) is 0 Å². The van der Waals surface area contributed by atoms with Crippen LogP contribution in [0.2, 0.25) is 0 Å². The molecule has 1 aliphatic carbocycles. The van der Waals surface area contributed by atoms with Crippen LogP contribution in [-0.2, 0) is 5.54 Å². The summed E-state index contributed by atoms with van der Waals surface area (Å²) in [5.74, 6) is 0. The van der Waals surface area contributed by atoms with Crippen LogP contribution in [0.1, 0.15) is 18.5 Å². The van der Waals surface area contributed by atoms with E-state index in [4.69, 9.17) is 5.73 Å². The van der Waals surface area contributed by atoms with Gasteiger partial charge < -0.3 is 5.73 Å². The van der Waals surface area contributed by atoms with Gasteiger partial charge >= 0.3 is 0 Å². The van der Waals surface area contributed by atoms with Gasteiger partial charge in [-0.3, -0.25) is 4.98 Å². The summed E-state index contributed by atoms with van der Waals surface area (Å²) in [6.45, 7) is 0. The van der Waals surface area contributed by atoms with Crippen molar-refractivity contribution in [2.75, 3.05) is 0 Å². The lowest BCUT2D eigenvalue weighted by molar-refractivity contribution is 0.712. The third kappa shape index (κ3) is 1.11. The number of nitrogens with two attached hydrogens (primary N) is 1. The summed E-state index contributed by atoms with van der Waals surface area (Å²) in [6.07, 6.45) is 2.14. The van der Waals surface area contributed by atoms with E-state index in [1.165, 1.54) is 5.39 Å². The number of hydrogen-bond donors (Lipinski definition) is 1. The fourth-order valence-corrected chi connectivity index (χ4v) is 1.73. The Morgan fingerprint density at radius 2 is 1.86 bits per heavy atom. The van der Waals surface area contributed by atoms with Gasteiger partial charge in [-0.15, -0.1) is 0 Å². The number of hydrogen-bond acceptors (Lipinski definition) is 2. The molecule has 2 aromatic rings. The van der Waals surface area contributed by atoms with Gasteiger partial charge in [0.1, 0.15) is 0 Å². The maximum absolute atomic E-state index is 6.10.